The fourth-order valence-corrected chi connectivity index (χ4v) is 4.81. The van der Waals surface area contributed by atoms with Crippen molar-refractivity contribution in [2.24, 2.45) is 5.41 Å². The molecule has 6 nitrogen and oxygen atoms in total. The Kier molecular flexibility index (Phi) is 6.96. The summed E-state index contributed by atoms with van der Waals surface area (Å²) in [7, 11) is 0. The Labute approximate surface area is 193 Å². The number of hydrogen-bond acceptors (Lipinski definition) is 7. The van der Waals surface area contributed by atoms with Gasteiger partial charge < -0.3 is 13.9 Å². The van der Waals surface area contributed by atoms with Gasteiger partial charge in [-0.3, -0.25) is 9.69 Å². The molecule has 4 rings (SSSR count). The van der Waals surface area contributed by atoms with Crippen molar-refractivity contribution in [1.29, 1.82) is 0 Å². The molecule has 0 bridgehead atoms. The topological polar surface area (TPSA) is 64.8 Å². The lowest BCUT2D eigenvalue weighted by molar-refractivity contribution is -0.157. The third-order valence-electron chi connectivity index (χ3n) is 5.85. The van der Waals surface area contributed by atoms with Gasteiger partial charge in [0.2, 0.25) is 5.89 Å². The first-order valence-electron chi connectivity index (χ1n) is 11.1. The zero-order valence-corrected chi connectivity index (χ0v) is 19.7. The zero-order chi connectivity index (χ0) is 22.6. The Morgan fingerprint density at radius 3 is 2.97 bits per heavy atom. The molecule has 0 N–H and O–H groups in total. The smallest absolute Gasteiger partial charge is 0.313 e. The molecule has 0 spiro atoms. The minimum Gasteiger partial charge on any atom is -0.487 e. The van der Waals surface area contributed by atoms with Gasteiger partial charge in [0, 0.05) is 13.1 Å². The maximum absolute atomic E-state index is 12.4. The minimum absolute atomic E-state index is 0.0910. The van der Waals surface area contributed by atoms with Crippen LogP contribution in [0.4, 0.5) is 0 Å². The van der Waals surface area contributed by atoms with E-state index in [4.69, 9.17) is 13.9 Å². The number of piperidine rings is 1. The highest BCUT2D eigenvalue weighted by Crippen LogP contribution is 2.32. The van der Waals surface area contributed by atoms with E-state index in [9.17, 15) is 4.79 Å². The summed E-state index contributed by atoms with van der Waals surface area (Å²) in [5.41, 5.74) is 1.53. The largest absolute Gasteiger partial charge is 0.487 e. The average Bonchev–Trinajstić information content (AvgIpc) is 3.43. The monoisotopic (exact) mass is 454 g/mol. The lowest BCUT2D eigenvalue weighted by atomic mass is 9.82. The predicted molar refractivity (Wildman–Crippen MR) is 125 cm³/mol. The van der Waals surface area contributed by atoms with Crippen LogP contribution in [0.1, 0.15) is 43.7 Å². The summed E-state index contributed by atoms with van der Waals surface area (Å²) in [5, 5.41) is 2.01. The molecule has 170 valence electrons. The van der Waals surface area contributed by atoms with Crippen molar-refractivity contribution in [3.8, 4) is 16.5 Å². The van der Waals surface area contributed by atoms with E-state index in [1.165, 1.54) is 0 Å². The van der Waals surface area contributed by atoms with E-state index in [0.29, 0.717) is 25.6 Å². The number of hydrogen-bond donors (Lipinski definition) is 0. The molecule has 1 aromatic carbocycles. The molecule has 1 atom stereocenters. The Morgan fingerprint density at radius 1 is 1.31 bits per heavy atom. The van der Waals surface area contributed by atoms with Crippen LogP contribution in [0.5, 0.6) is 5.75 Å². The number of aromatic nitrogens is 1. The highest BCUT2D eigenvalue weighted by atomic mass is 32.1. The number of carbonyl (C=O) groups is 1. The first kappa shape index (κ1) is 22.6. The second-order valence-electron chi connectivity index (χ2n) is 8.53. The SMILES string of the molecule is CCOC(=O)C1(C)CCCN(Cc2cccc(OCc3nc(-c4cccs4)oc3C)c2)C1. The highest BCUT2D eigenvalue weighted by molar-refractivity contribution is 7.13. The van der Waals surface area contributed by atoms with E-state index in [1.807, 2.05) is 50.4 Å². The fourth-order valence-electron chi connectivity index (χ4n) is 4.16. The van der Waals surface area contributed by atoms with Gasteiger partial charge in [0.05, 0.1) is 16.9 Å². The van der Waals surface area contributed by atoms with Crippen LogP contribution in [0.15, 0.2) is 46.2 Å². The van der Waals surface area contributed by atoms with E-state index < -0.39 is 5.41 Å². The maximum Gasteiger partial charge on any atom is 0.313 e. The number of esters is 1. The van der Waals surface area contributed by atoms with Gasteiger partial charge in [-0.25, -0.2) is 4.98 Å². The molecule has 0 saturated carbocycles. The third-order valence-corrected chi connectivity index (χ3v) is 6.71. The van der Waals surface area contributed by atoms with E-state index in [0.717, 1.165) is 53.6 Å². The third kappa shape index (κ3) is 5.22. The fraction of sp³-hybridized carbons (Fsp3) is 0.440. The summed E-state index contributed by atoms with van der Waals surface area (Å²) in [6.45, 7) is 9.03. The molecule has 0 aliphatic carbocycles. The van der Waals surface area contributed by atoms with Crippen molar-refractivity contribution in [3.05, 3.63) is 58.8 Å². The van der Waals surface area contributed by atoms with Crippen LogP contribution < -0.4 is 4.74 Å². The van der Waals surface area contributed by atoms with Crippen LogP contribution in [0.2, 0.25) is 0 Å². The first-order valence-corrected chi connectivity index (χ1v) is 12.0. The second-order valence-corrected chi connectivity index (χ2v) is 9.48. The molecule has 0 amide bonds. The molecule has 1 fully saturated rings. The van der Waals surface area contributed by atoms with Crippen LogP contribution in [0.25, 0.3) is 10.8 Å². The average molecular weight is 455 g/mol. The number of nitrogens with zero attached hydrogens (tertiary/aromatic N) is 2. The van der Waals surface area contributed by atoms with Crippen LogP contribution in [-0.4, -0.2) is 35.5 Å². The summed E-state index contributed by atoms with van der Waals surface area (Å²) in [6.07, 6.45) is 1.86. The van der Waals surface area contributed by atoms with Gasteiger partial charge in [0.25, 0.3) is 0 Å². The molecule has 0 radical (unpaired) electrons. The number of likely N-dealkylation sites (tertiary alicyclic amines) is 1. The number of thiophene rings is 1. The van der Waals surface area contributed by atoms with E-state index in [-0.39, 0.29) is 5.97 Å². The van der Waals surface area contributed by atoms with E-state index >= 15 is 0 Å². The normalized spacial score (nSPS) is 19.1. The number of rotatable bonds is 8. The quantitative estimate of drug-likeness (QED) is 0.421. The van der Waals surface area contributed by atoms with Crippen molar-refractivity contribution in [1.82, 2.24) is 9.88 Å². The van der Waals surface area contributed by atoms with Crippen molar-refractivity contribution in [3.63, 3.8) is 0 Å². The predicted octanol–water partition coefficient (Wildman–Crippen LogP) is 5.46. The molecular formula is C25H30N2O4S. The van der Waals surface area contributed by atoms with E-state index in [2.05, 4.69) is 22.0 Å². The van der Waals surface area contributed by atoms with Crippen LogP contribution in [0.3, 0.4) is 0 Å². The number of ether oxygens (including phenoxy) is 2. The van der Waals surface area contributed by atoms with Gasteiger partial charge in [0.1, 0.15) is 23.8 Å². The minimum atomic E-state index is -0.437. The van der Waals surface area contributed by atoms with Gasteiger partial charge in [-0.2, -0.15) is 0 Å². The molecule has 3 heterocycles. The Hall–Kier alpha value is -2.64. The van der Waals surface area contributed by atoms with Crippen LogP contribution >= 0.6 is 11.3 Å². The van der Waals surface area contributed by atoms with Gasteiger partial charge >= 0.3 is 5.97 Å². The summed E-state index contributed by atoms with van der Waals surface area (Å²) < 4.78 is 17.1. The van der Waals surface area contributed by atoms with E-state index in [1.54, 1.807) is 11.3 Å². The van der Waals surface area contributed by atoms with Crippen LogP contribution in [-0.2, 0) is 22.7 Å². The summed E-state index contributed by atoms with van der Waals surface area (Å²) in [5.74, 6) is 2.12. The Bertz CT molecular complexity index is 1050. The molecule has 1 aliphatic heterocycles. The molecule has 7 heteroatoms. The van der Waals surface area contributed by atoms with Crippen LogP contribution in [0, 0.1) is 12.3 Å². The summed E-state index contributed by atoms with van der Waals surface area (Å²) >= 11 is 1.60. The molecule has 1 unspecified atom stereocenters. The van der Waals surface area contributed by atoms with Crippen molar-refractivity contribution in [2.45, 2.75) is 46.8 Å². The summed E-state index contributed by atoms with van der Waals surface area (Å²) in [6, 6.07) is 12.1. The highest BCUT2D eigenvalue weighted by Gasteiger charge is 2.39. The molecular weight excluding hydrogens is 424 g/mol. The Balaban J connectivity index is 1.37. The number of oxazole rings is 1. The molecule has 1 aliphatic rings. The number of aryl methyl sites for hydroxylation is 1. The Morgan fingerprint density at radius 2 is 2.19 bits per heavy atom. The number of carbonyl (C=O) groups excluding carboxylic acids is 1. The molecule has 3 aromatic rings. The van der Waals surface area contributed by atoms with Crippen molar-refractivity contribution >= 4 is 17.3 Å². The van der Waals surface area contributed by atoms with Crippen molar-refractivity contribution in [2.75, 3.05) is 19.7 Å². The zero-order valence-electron chi connectivity index (χ0n) is 18.9. The molecule has 32 heavy (non-hydrogen) atoms. The lowest BCUT2D eigenvalue weighted by Gasteiger charge is -2.38. The van der Waals surface area contributed by atoms with Gasteiger partial charge in [-0.15, -0.1) is 11.3 Å². The van der Waals surface area contributed by atoms with Gasteiger partial charge in [-0.05, 0) is 69.3 Å². The summed E-state index contributed by atoms with van der Waals surface area (Å²) in [4.78, 5) is 20.4. The van der Waals surface area contributed by atoms with Crippen molar-refractivity contribution < 1.29 is 18.7 Å². The van der Waals surface area contributed by atoms with Gasteiger partial charge in [0.15, 0.2) is 0 Å². The second kappa shape index (κ2) is 9.88. The number of benzene rings is 1. The maximum atomic E-state index is 12.4. The molecule has 2 aromatic heterocycles. The standard InChI is InChI=1S/C25H30N2O4S/c1-4-29-24(28)25(3)11-7-12-27(17-25)15-19-8-5-9-20(14-19)30-16-21-18(2)31-23(26-21)22-10-6-13-32-22/h5-6,8-10,13-14H,4,7,11-12,15-17H2,1-3H3. The molecule has 1 saturated heterocycles. The lowest BCUT2D eigenvalue weighted by Crippen LogP contribution is -2.46. The first-order chi connectivity index (χ1) is 15.5. The van der Waals surface area contributed by atoms with Gasteiger partial charge in [-0.1, -0.05) is 18.2 Å².